The van der Waals surface area contributed by atoms with E-state index in [9.17, 15) is 0 Å². The summed E-state index contributed by atoms with van der Waals surface area (Å²) in [6, 6.07) is 7.65. The number of anilines is 2. The molecule has 3 rings (SSSR count). The van der Waals surface area contributed by atoms with E-state index in [4.69, 9.17) is 4.74 Å². The molecule has 1 aliphatic carbocycles. The maximum Gasteiger partial charge on any atom is 0.135 e. The minimum absolute atomic E-state index is 0.516. The molecule has 1 N–H and O–H groups in total. The summed E-state index contributed by atoms with van der Waals surface area (Å²) in [7, 11) is 1.65. The van der Waals surface area contributed by atoms with E-state index in [1.807, 2.05) is 24.3 Å². The molecule has 1 aromatic carbocycles. The van der Waals surface area contributed by atoms with Crippen LogP contribution in [-0.2, 0) is 0 Å². The lowest BCUT2D eigenvalue weighted by Crippen LogP contribution is -2.00. The zero-order valence-electron chi connectivity index (χ0n) is 10.9. The average Bonchev–Trinajstić information content (AvgIpc) is 3.25. The Morgan fingerprint density at radius 2 is 2.00 bits per heavy atom. The molecule has 6 heteroatoms. The van der Waals surface area contributed by atoms with Gasteiger partial charge in [0.25, 0.3) is 0 Å². The van der Waals surface area contributed by atoms with Crippen molar-refractivity contribution in [2.75, 3.05) is 12.4 Å². The molecule has 0 radical (unpaired) electrons. The summed E-state index contributed by atoms with van der Waals surface area (Å²) in [5.41, 5.74) is 0.914. The predicted molar refractivity (Wildman–Crippen MR) is 85.7 cm³/mol. The summed E-state index contributed by atoms with van der Waals surface area (Å²) in [6.45, 7) is 0. The molecule has 4 nitrogen and oxygen atoms in total. The van der Waals surface area contributed by atoms with Crippen molar-refractivity contribution in [3.05, 3.63) is 39.2 Å². The Labute approximate surface area is 134 Å². The van der Waals surface area contributed by atoms with E-state index in [0.29, 0.717) is 5.92 Å². The zero-order valence-corrected chi connectivity index (χ0v) is 14.0. The van der Waals surface area contributed by atoms with E-state index in [2.05, 4.69) is 47.1 Å². The highest BCUT2D eigenvalue weighted by Gasteiger charge is 2.27. The quantitative estimate of drug-likeness (QED) is 0.762. The third-order valence-corrected chi connectivity index (χ3v) is 4.19. The number of hydrogen-bond donors (Lipinski definition) is 1. The first-order valence-corrected chi connectivity index (χ1v) is 7.89. The molecule has 0 atom stereocenters. The Morgan fingerprint density at radius 1 is 1.20 bits per heavy atom. The highest BCUT2D eigenvalue weighted by atomic mass is 79.9. The van der Waals surface area contributed by atoms with E-state index in [0.717, 1.165) is 32.2 Å². The second kappa shape index (κ2) is 5.69. The molecular formula is C14H13Br2N3O. The van der Waals surface area contributed by atoms with Crippen LogP contribution in [0.5, 0.6) is 5.75 Å². The SMILES string of the molecule is COc1ccc(Br)c(Nc2cc(Br)nc(C3CC3)n2)c1. The minimum Gasteiger partial charge on any atom is -0.497 e. The van der Waals surface area contributed by atoms with Gasteiger partial charge in [-0.15, -0.1) is 0 Å². The largest absolute Gasteiger partial charge is 0.497 e. The molecule has 2 aromatic rings. The maximum absolute atomic E-state index is 5.24. The van der Waals surface area contributed by atoms with Gasteiger partial charge >= 0.3 is 0 Å². The lowest BCUT2D eigenvalue weighted by molar-refractivity contribution is 0.415. The smallest absolute Gasteiger partial charge is 0.135 e. The summed E-state index contributed by atoms with van der Waals surface area (Å²) in [4.78, 5) is 9.00. The van der Waals surface area contributed by atoms with Crippen molar-refractivity contribution in [2.45, 2.75) is 18.8 Å². The van der Waals surface area contributed by atoms with Crippen molar-refractivity contribution in [2.24, 2.45) is 0 Å². The Morgan fingerprint density at radius 3 is 2.70 bits per heavy atom. The first kappa shape index (κ1) is 13.8. The zero-order chi connectivity index (χ0) is 14.1. The average molecular weight is 399 g/mol. The summed E-state index contributed by atoms with van der Waals surface area (Å²) in [5, 5.41) is 3.30. The van der Waals surface area contributed by atoms with Gasteiger partial charge in [0.2, 0.25) is 0 Å². The van der Waals surface area contributed by atoms with Crippen LogP contribution in [-0.4, -0.2) is 17.1 Å². The first-order chi connectivity index (χ1) is 9.65. The fraction of sp³-hybridized carbons (Fsp3) is 0.286. The molecule has 0 bridgehead atoms. The normalized spacial score (nSPS) is 14.2. The van der Waals surface area contributed by atoms with Crippen LogP contribution in [0.3, 0.4) is 0 Å². The van der Waals surface area contributed by atoms with Gasteiger partial charge in [-0.1, -0.05) is 0 Å². The van der Waals surface area contributed by atoms with Gasteiger partial charge in [-0.25, -0.2) is 9.97 Å². The van der Waals surface area contributed by atoms with E-state index in [-0.39, 0.29) is 0 Å². The monoisotopic (exact) mass is 397 g/mol. The van der Waals surface area contributed by atoms with Gasteiger partial charge in [0, 0.05) is 22.5 Å². The highest BCUT2D eigenvalue weighted by Crippen LogP contribution is 2.39. The van der Waals surface area contributed by atoms with Crippen LogP contribution in [0.25, 0.3) is 0 Å². The van der Waals surface area contributed by atoms with Crippen LogP contribution in [0.1, 0.15) is 24.6 Å². The Balaban J connectivity index is 1.90. The molecule has 0 aliphatic heterocycles. The fourth-order valence-electron chi connectivity index (χ4n) is 1.89. The van der Waals surface area contributed by atoms with Crippen molar-refractivity contribution in [1.29, 1.82) is 0 Å². The summed E-state index contributed by atoms with van der Waals surface area (Å²) in [5.74, 6) is 3.00. The predicted octanol–water partition coefficient (Wildman–Crippen LogP) is 4.63. The van der Waals surface area contributed by atoms with Crippen molar-refractivity contribution >= 4 is 43.4 Å². The molecule has 1 aromatic heterocycles. The van der Waals surface area contributed by atoms with Crippen molar-refractivity contribution in [1.82, 2.24) is 9.97 Å². The van der Waals surface area contributed by atoms with Crippen molar-refractivity contribution < 1.29 is 4.74 Å². The highest BCUT2D eigenvalue weighted by molar-refractivity contribution is 9.10. The number of aromatic nitrogens is 2. The van der Waals surface area contributed by atoms with Crippen molar-refractivity contribution in [3.63, 3.8) is 0 Å². The van der Waals surface area contributed by atoms with E-state index in [1.165, 1.54) is 12.8 Å². The van der Waals surface area contributed by atoms with Crippen LogP contribution in [0.2, 0.25) is 0 Å². The number of halogens is 2. The van der Waals surface area contributed by atoms with E-state index >= 15 is 0 Å². The second-order valence-electron chi connectivity index (χ2n) is 4.68. The number of ether oxygens (including phenoxy) is 1. The Bertz CT molecular complexity index is 644. The van der Waals surface area contributed by atoms with Crippen LogP contribution in [0, 0.1) is 0 Å². The van der Waals surface area contributed by atoms with Gasteiger partial charge in [-0.3, -0.25) is 0 Å². The summed E-state index contributed by atoms with van der Waals surface area (Å²) < 4.78 is 7.00. The molecule has 0 unspecified atom stereocenters. The summed E-state index contributed by atoms with van der Waals surface area (Å²) >= 11 is 6.96. The number of nitrogens with one attached hydrogen (secondary N) is 1. The van der Waals surface area contributed by atoms with Gasteiger partial charge in [0.1, 0.15) is 22.0 Å². The van der Waals surface area contributed by atoms with Crippen LogP contribution < -0.4 is 10.1 Å². The minimum atomic E-state index is 0.516. The van der Waals surface area contributed by atoms with Crippen molar-refractivity contribution in [3.8, 4) is 5.75 Å². The number of nitrogens with zero attached hydrogens (tertiary/aromatic N) is 2. The van der Waals surface area contributed by atoms with E-state index < -0.39 is 0 Å². The Kier molecular flexibility index (Phi) is 3.94. The number of benzene rings is 1. The van der Waals surface area contributed by atoms with Gasteiger partial charge in [-0.2, -0.15) is 0 Å². The molecule has 0 spiro atoms. The summed E-state index contributed by atoms with van der Waals surface area (Å²) in [6.07, 6.45) is 2.36. The van der Waals surface area contributed by atoms with Gasteiger partial charge in [-0.05, 0) is 56.8 Å². The van der Waals surface area contributed by atoms with Gasteiger partial charge in [0.15, 0.2) is 0 Å². The number of hydrogen-bond acceptors (Lipinski definition) is 4. The molecule has 1 saturated carbocycles. The molecule has 0 amide bonds. The fourth-order valence-corrected chi connectivity index (χ4v) is 2.63. The van der Waals surface area contributed by atoms with Crippen LogP contribution in [0.15, 0.2) is 33.3 Å². The first-order valence-electron chi connectivity index (χ1n) is 6.31. The molecular weight excluding hydrogens is 386 g/mol. The molecule has 1 heterocycles. The lowest BCUT2D eigenvalue weighted by Gasteiger charge is -2.11. The van der Waals surface area contributed by atoms with Gasteiger partial charge < -0.3 is 10.1 Å². The third kappa shape index (κ3) is 3.12. The van der Waals surface area contributed by atoms with Crippen LogP contribution in [0.4, 0.5) is 11.5 Å². The molecule has 1 aliphatic rings. The number of rotatable bonds is 4. The molecule has 0 saturated heterocycles. The molecule has 1 fully saturated rings. The molecule has 104 valence electrons. The van der Waals surface area contributed by atoms with E-state index in [1.54, 1.807) is 7.11 Å². The van der Waals surface area contributed by atoms with Gasteiger partial charge in [0.05, 0.1) is 12.8 Å². The third-order valence-electron chi connectivity index (χ3n) is 3.09. The second-order valence-corrected chi connectivity index (χ2v) is 6.35. The topological polar surface area (TPSA) is 47.0 Å². The maximum atomic E-state index is 5.24. The molecule has 20 heavy (non-hydrogen) atoms. The number of methoxy groups -OCH3 is 1. The Hall–Kier alpha value is -1.14. The lowest BCUT2D eigenvalue weighted by atomic mass is 10.3. The van der Waals surface area contributed by atoms with Crippen LogP contribution >= 0.6 is 31.9 Å². The standard InChI is InChI=1S/C14H13Br2N3O/c1-20-9-4-5-10(15)11(6-9)17-13-7-12(16)18-14(19-13)8-2-3-8/h4-8H,2-3H2,1H3,(H,17,18,19).